The molecular formula is C66H127N5O6. The van der Waals surface area contributed by atoms with E-state index in [2.05, 4.69) is 116 Å². The number of carboxylic acid groups (broad SMARTS) is 1. The summed E-state index contributed by atoms with van der Waals surface area (Å²) < 4.78 is 0. The summed E-state index contributed by atoms with van der Waals surface area (Å²) in [6.45, 7) is 11.0. The molecule has 11 nitrogen and oxygen atoms in total. The minimum Gasteiger partial charge on any atom is -0.480 e. The third-order valence-electron chi connectivity index (χ3n) is 13.4. The van der Waals surface area contributed by atoms with Crippen LogP contribution in [-0.4, -0.2) is 104 Å². The molecule has 77 heavy (non-hydrogen) atoms. The lowest BCUT2D eigenvalue weighted by atomic mass is 10.0. The number of carboxylic acids is 1. The highest BCUT2D eigenvalue weighted by molar-refractivity contribution is 5.79. The van der Waals surface area contributed by atoms with Crippen LogP contribution >= 0.6 is 0 Å². The Morgan fingerprint density at radius 2 is 0.740 bits per heavy atom. The van der Waals surface area contributed by atoms with E-state index in [1.807, 2.05) is 14.1 Å². The first kappa shape index (κ1) is 77.9. The maximum Gasteiger partial charge on any atom is 0.329 e. The number of aliphatic carboxylic acids is 1. The number of nitrogens with zero attached hydrogens (tertiary/aromatic N) is 2. The fourth-order valence-corrected chi connectivity index (χ4v) is 8.61. The van der Waals surface area contributed by atoms with Gasteiger partial charge in [0, 0.05) is 32.4 Å². The molecule has 0 unspecified atom stereocenters. The molecule has 0 radical (unpaired) electrons. The van der Waals surface area contributed by atoms with Gasteiger partial charge in [-0.25, -0.2) is 4.79 Å². The number of carbonyl (C=O) groups is 4. The number of aliphatic hydroxyl groups excluding tert-OH is 1. The first-order valence-corrected chi connectivity index (χ1v) is 31.9. The molecule has 3 amide bonds. The van der Waals surface area contributed by atoms with Crippen molar-refractivity contribution in [1.82, 2.24) is 25.8 Å². The van der Waals surface area contributed by atoms with E-state index in [-0.39, 0.29) is 23.9 Å². The normalized spacial score (nSPS) is 11.6. The van der Waals surface area contributed by atoms with Crippen molar-refractivity contribution in [2.24, 2.45) is 5.92 Å². The molecule has 0 aromatic heterocycles. The van der Waals surface area contributed by atoms with Gasteiger partial charge in [0.25, 0.3) is 0 Å². The zero-order chi connectivity index (χ0) is 57.5. The van der Waals surface area contributed by atoms with Crippen LogP contribution in [0.1, 0.15) is 285 Å². The standard InChI is InChI=1S/C41H75N3O2.C23H48N2O.C2H4O3/c1-5-7-9-11-13-15-17-19-21-23-25-27-29-31-33-35-40(45)42-39(37-38-44(3)4)43-41(46)36-34-32-30-28-26-24-22-20-18-16-14-12-10-8-6-2;1-22(2)18-15-13-11-9-7-5-6-8-10-12-14-16-19-23(26)24-20-17-21-25(3)4;3-1-2(4)5/h13-16,19-22,39H,5-12,17-18,23-38H2,1-4H3,(H,42,45)(H,43,46);22H,5-21H2,1-4H3,(H,24,26);3H,1H2,(H,4,5)/b15-13-,16-14-,21-19-,22-20-;;. The Kier molecular flexibility index (Phi) is 66.0. The van der Waals surface area contributed by atoms with Crippen molar-refractivity contribution in [3.63, 3.8) is 0 Å². The molecule has 0 saturated heterocycles. The molecule has 0 atom stereocenters. The number of nitrogens with one attached hydrogen (secondary N) is 3. The van der Waals surface area contributed by atoms with E-state index in [4.69, 9.17) is 15.0 Å². The summed E-state index contributed by atoms with van der Waals surface area (Å²) in [5, 5.41) is 24.2. The van der Waals surface area contributed by atoms with Gasteiger partial charge in [0.1, 0.15) is 12.8 Å². The van der Waals surface area contributed by atoms with Gasteiger partial charge in [-0.2, -0.15) is 0 Å². The van der Waals surface area contributed by atoms with Crippen molar-refractivity contribution >= 4 is 23.7 Å². The Morgan fingerprint density at radius 3 is 1.08 bits per heavy atom. The largest absolute Gasteiger partial charge is 0.480 e. The van der Waals surface area contributed by atoms with E-state index in [1.54, 1.807) is 0 Å². The number of hydrogen-bond donors (Lipinski definition) is 5. The third kappa shape index (κ3) is 74.8. The fraction of sp³-hybridized carbons (Fsp3) is 0.818. The van der Waals surface area contributed by atoms with Gasteiger partial charge in [0.2, 0.25) is 17.7 Å². The van der Waals surface area contributed by atoms with Gasteiger partial charge in [-0.15, -0.1) is 0 Å². The van der Waals surface area contributed by atoms with E-state index in [0.717, 1.165) is 96.2 Å². The maximum atomic E-state index is 12.6. The number of amides is 3. The van der Waals surface area contributed by atoms with Crippen LogP contribution in [0, 0.1) is 5.92 Å². The van der Waals surface area contributed by atoms with E-state index in [1.165, 1.54) is 167 Å². The Hall–Kier alpha value is -3.28. The molecule has 0 aromatic carbocycles. The minimum absolute atomic E-state index is 0.0479. The molecular weight excluding hydrogens is 959 g/mol. The van der Waals surface area contributed by atoms with Crippen LogP contribution in [0.15, 0.2) is 48.6 Å². The number of hydrogen-bond acceptors (Lipinski definition) is 7. The van der Waals surface area contributed by atoms with Gasteiger partial charge >= 0.3 is 5.97 Å². The summed E-state index contributed by atoms with van der Waals surface area (Å²) in [6, 6.07) is 0. The molecule has 0 aliphatic carbocycles. The topological polar surface area (TPSA) is 151 Å². The van der Waals surface area contributed by atoms with Crippen LogP contribution in [-0.2, 0) is 19.2 Å². The van der Waals surface area contributed by atoms with Gasteiger partial charge in [-0.05, 0) is 137 Å². The summed E-state index contributed by atoms with van der Waals surface area (Å²) >= 11 is 0. The first-order valence-electron chi connectivity index (χ1n) is 31.9. The van der Waals surface area contributed by atoms with Crippen LogP contribution in [0.3, 0.4) is 0 Å². The second-order valence-electron chi connectivity index (χ2n) is 22.5. The van der Waals surface area contributed by atoms with Gasteiger partial charge in [0.15, 0.2) is 0 Å². The molecule has 0 saturated carbocycles. The number of aliphatic hydroxyl groups is 1. The molecule has 0 spiro atoms. The highest BCUT2D eigenvalue weighted by Crippen LogP contribution is 2.15. The van der Waals surface area contributed by atoms with Crippen LogP contribution in [0.25, 0.3) is 0 Å². The molecule has 0 fully saturated rings. The Morgan fingerprint density at radius 1 is 0.416 bits per heavy atom. The molecule has 452 valence electrons. The molecule has 0 bridgehead atoms. The summed E-state index contributed by atoms with van der Waals surface area (Å²) in [5.74, 6) is 0.0122. The minimum atomic E-state index is -1.19. The lowest BCUT2D eigenvalue weighted by molar-refractivity contribution is -0.140. The average molecular weight is 1090 g/mol. The molecule has 11 heteroatoms. The summed E-state index contributed by atoms with van der Waals surface area (Å²) in [7, 11) is 8.17. The van der Waals surface area contributed by atoms with Gasteiger partial charge < -0.3 is 36.0 Å². The van der Waals surface area contributed by atoms with Crippen LogP contribution < -0.4 is 16.0 Å². The van der Waals surface area contributed by atoms with E-state index in [9.17, 15) is 14.4 Å². The van der Waals surface area contributed by atoms with E-state index >= 15 is 0 Å². The lowest BCUT2D eigenvalue weighted by Crippen LogP contribution is -2.49. The van der Waals surface area contributed by atoms with Crippen LogP contribution in [0.5, 0.6) is 0 Å². The molecule has 5 N–H and O–H groups in total. The Balaban J connectivity index is -0.00000148. The highest BCUT2D eigenvalue weighted by atomic mass is 16.4. The smallest absolute Gasteiger partial charge is 0.329 e. The monoisotopic (exact) mass is 1090 g/mol. The third-order valence-corrected chi connectivity index (χ3v) is 13.4. The number of unbranched alkanes of at least 4 members (excludes halogenated alkanes) is 27. The van der Waals surface area contributed by atoms with Crippen molar-refractivity contribution in [3.05, 3.63) is 48.6 Å². The molecule has 0 rings (SSSR count). The average Bonchev–Trinajstić information content (AvgIpc) is 3.39. The number of carbonyl (C=O) groups excluding carboxylic acids is 3. The number of allylic oxidation sites excluding steroid dienone is 8. The van der Waals surface area contributed by atoms with E-state index < -0.39 is 12.6 Å². The van der Waals surface area contributed by atoms with Crippen molar-refractivity contribution < 1.29 is 29.4 Å². The van der Waals surface area contributed by atoms with Gasteiger partial charge in [-0.1, -0.05) is 218 Å². The second-order valence-corrected chi connectivity index (χ2v) is 22.5. The van der Waals surface area contributed by atoms with Crippen molar-refractivity contribution in [2.75, 3.05) is 54.4 Å². The molecule has 0 aromatic rings. The molecule has 0 aliphatic heterocycles. The van der Waals surface area contributed by atoms with Crippen molar-refractivity contribution in [2.45, 2.75) is 291 Å². The first-order chi connectivity index (χ1) is 37.3. The maximum absolute atomic E-state index is 12.6. The van der Waals surface area contributed by atoms with Crippen molar-refractivity contribution in [3.8, 4) is 0 Å². The second kappa shape index (κ2) is 65.2. The van der Waals surface area contributed by atoms with Gasteiger partial charge in [0.05, 0.1) is 0 Å². The Bertz CT molecular complexity index is 1340. The predicted molar refractivity (Wildman–Crippen MR) is 332 cm³/mol. The fourth-order valence-electron chi connectivity index (χ4n) is 8.61. The quantitative estimate of drug-likeness (QED) is 0.0229. The van der Waals surface area contributed by atoms with Gasteiger partial charge in [-0.3, -0.25) is 14.4 Å². The molecule has 0 aliphatic rings. The SMILES string of the molecule is CC(C)CCCCCCCCCCCCCCC(=O)NCCCN(C)C.CCCCC/C=C\C/C=C\CCCCCCCC(=O)NC(CCN(C)C)NC(=O)CCCCCCC/C=C\C/C=C\CCCCC.O=C(O)CO. The van der Waals surface area contributed by atoms with Crippen LogP contribution in [0.2, 0.25) is 0 Å². The Labute approximate surface area is 476 Å². The lowest BCUT2D eigenvalue weighted by Gasteiger charge is -2.22. The highest BCUT2D eigenvalue weighted by Gasteiger charge is 2.15. The summed E-state index contributed by atoms with van der Waals surface area (Å²) in [5.41, 5.74) is 0. The van der Waals surface area contributed by atoms with Crippen LogP contribution in [0.4, 0.5) is 0 Å². The molecule has 0 heterocycles. The zero-order valence-electron chi connectivity index (χ0n) is 51.8. The summed E-state index contributed by atoms with van der Waals surface area (Å²) in [6.07, 6.45) is 65.1. The summed E-state index contributed by atoms with van der Waals surface area (Å²) in [4.78, 5) is 50.3. The van der Waals surface area contributed by atoms with E-state index in [0.29, 0.717) is 19.3 Å². The number of rotatable bonds is 53. The van der Waals surface area contributed by atoms with Crippen molar-refractivity contribution in [1.29, 1.82) is 0 Å². The predicted octanol–water partition coefficient (Wildman–Crippen LogP) is 16.4. The zero-order valence-corrected chi connectivity index (χ0v) is 51.8.